The van der Waals surface area contributed by atoms with Gasteiger partial charge in [-0.05, 0) is 60.7 Å². The first-order chi connectivity index (χ1) is 16.2. The molecule has 1 aliphatic rings. The molecular formula is C26H23FN4O2. The Morgan fingerprint density at radius 3 is 2.67 bits per heavy atom. The van der Waals surface area contributed by atoms with Crippen LogP contribution in [-0.2, 0) is 26.0 Å². The zero-order valence-electron chi connectivity index (χ0n) is 18.0. The Balaban J connectivity index is 1.27. The van der Waals surface area contributed by atoms with Gasteiger partial charge >= 0.3 is 0 Å². The third-order valence-electron chi connectivity index (χ3n) is 5.70. The van der Waals surface area contributed by atoms with Crippen LogP contribution in [0.5, 0.6) is 5.88 Å². The molecule has 4 aromatic rings. The molecule has 0 aliphatic heterocycles. The number of carbonyl (C=O) groups is 1. The molecule has 7 heteroatoms. The van der Waals surface area contributed by atoms with Crippen molar-refractivity contribution in [1.82, 2.24) is 20.1 Å². The van der Waals surface area contributed by atoms with Crippen molar-refractivity contribution in [3.8, 4) is 11.6 Å². The van der Waals surface area contributed by atoms with Gasteiger partial charge in [-0.15, -0.1) is 0 Å². The number of ether oxygens (including phenoxy) is 1. The Morgan fingerprint density at radius 2 is 1.85 bits per heavy atom. The number of amides is 1. The van der Waals surface area contributed by atoms with Gasteiger partial charge in [0.1, 0.15) is 12.4 Å². The van der Waals surface area contributed by atoms with Crippen LogP contribution >= 0.6 is 0 Å². The fraction of sp³-hybridized carbons (Fsp3) is 0.192. The summed E-state index contributed by atoms with van der Waals surface area (Å²) < 4.78 is 20.9. The fourth-order valence-electron chi connectivity index (χ4n) is 4.05. The van der Waals surface area contributed by atoms with Crippen molar-refractivity contribution in [1.29, 1.82) is 0 Å². The van der Waals surface area contributed by atoms with E-state index in [1.165, 1.54) is 12.1 Å². The maximum Gasteiger partial charge on any atom is 0.272 e. The van der Waals surface area contributed by atoms with E-state index in [4.69, 9.17) is 4.74 Å². The van der Waals surface area contributed by atoms with Gasteiger partial charge in [-0.3, -0.25) is 4.79 Å². The van der Waals surface area contributed by atoms with Crippen LogP contribution < -0.4 is 10.1 Å². The number of fused-ring (bicyclic) bond motifs is 1. The molecule has 2 aromatic heterocycles. The highest BCUT2D eigenvalue weighted by Crippen LogP contribution is 2.28. The summed E-state index contributed by atoms with van der Waals surface area (Å²) >= 11 is 0. The van der Waals surface area contributed by atoms with E-state index < -0.39 is 0 Å². The summed E-state index contributed by atoms with van der Waals surface area (Å²) in [4.78, 5) is 17.2. The van der Waals surface area contributed by atoms with Crippen molar-refractivity contribution in [2.45, 2.75) is 32.4 Å². The Labute approximate surface area is 191 Å². The number of hydrogen-bond acceptors (Lipinski definition) is 4. The number of nitrogens with one attached hydrogen (secondary N) is 1. The topological polar surface area (TPSA) is 69.0 Å². The van der Waals surface area contributed by atoms with Gasteiger partial charge in [0, 0.05) is 30.1 Å². The largest absolute Gasteiger partial charge is 0.473 e. The summed E-state index contributed by atoms with van der Waals surface area (Å²) in [5, 5.41) is 7.53. The molecular weight excluding hydrogens is 419 g/mol. The number of hydrogen-bond donors (Lipinski definition) is 1. The van der Waals surface area contributed by atoms with E-state index >= 15 is 0 Å². The zero-order valence-corrected chi connectivity index (χ0v) is 18.0. The molecule has 1 amide bonds. The predicted octanol–water partition coefficient (Wildman–Crippen LogP) is 4.40. The van der Waals surface area contributed by atoms with Crippen LogP contribution in [0, 0.1) is 5.82 Å². The van der Waals surface area contributed by atoms with Crippen molar-refractivity contribution < 1.29 is 13.9 Å². The molecule has 0 spiro atoms. The molecule has 0 unspecified atom stereocenters. The SMILES string of the molecule is O=C(NCc1ccnc(OCc2ccccc2)c1)c1nn(-c2ccc(F)cc2)c2c1CCC2. The van der Waals surface area contributed by atoms with Gasteiger partial charge in [-0.25, -0.2) is 14.1 Å². The third-order valence-corrected chi connectivity index (χ3v) is 5.70. The molecule has 1 aliphatic carbocycles. The molecule has 0 atom stereocenters. The van der Waals surface area contributed by atoms with Crippen LogP contribution in [0.2, 0.25) is 0 Å². The first-order valence-electron chi connectivity index (χ1n) is 10.9. The number of pyridine rings is 1. The van der Waals surface area contributed by atoms with Gasteiger partial charge < -0.3 is 10.1 Å². The van der Waals surface area contributed by atoms with E-state index in [0.717, 1.165) is 47.3 Å². The first kappa shape index (κ1) is 20.9. The van der Waals surface area contributed by atoms with Crippen molar-refractivity contribution in [3.63, 3.8) is 0 Å². The lowest BCUT2D eigenvalue weighted by Crippen LogP contribution is -2.24. The van der Waals surface area contributed by atoms with Crippen molar-refractivity contribution in [2.75, 3.05) is 0 Å². The van der Waals surface area contributed by atoms with Crippen LogP contribution in [0.1, 0.15) is 39.3 Å². The Kier molecular flexibility index (Phi) is 5.85. The average Bonchev–Trinajstić information content (AvgIpc) is 3.46. The van der Waals surface area contributed by atoms with Crippen LogP contribution in [0.25, 0.3) is 5.69 Å². The van der Waals surface area contributed by atoms with Crippen LogP contribution in [0.15, 0.2) is 72.9 Å². The maximum atomic E-state index is 13.3. The Morgan fingerprint density at radius 1 is 1.03 bits per heavy atom. The van der Waals surface area contributed by atoms with E-state index in [2.05, 4.69) is 15.4 Å². The zero-order chi connectivity index (χ0) is 22.6. The Hall–Kier alpha value is -4.00. The highest BCUT2D eigenvalue weighted by atomic mass is 19.1. The van der Waals surface area contributed by atoms with E-state index in [9.17, 15) is 9.18 Å². The van der Waals surface area contributed by atoms with Crippen molar-refractivity contribution in [2.24, 2.45) is 0 Å². The lowest BCUT2D eigenvalue weighted by molar-refractivity contribution is 0.0944. The number of benzene rings is 2. The monoisotopic (exact) mass is 442 g/mol. The molecule has 0 saturated heterocycles. The van der Waals surface area contributed by atoms with Gasteiger partial charge in [0.2, 0.25) is 5.88 Å². The van der Waals surface area contributed by atoms with Gasteiger partial charge in [0.15, 0.2) is 5.69 Å². The average molecular weight is 442 g/mol. The minimum absolute atomic E-state index is 0.224. The second kappa shape index (κ2) is 9.24. The van der Waals surface area contributed by atoms with Crippen molar-refractivity contribution >= 4 is 5.91 Å². The second-order valence-electron chi connectivity index (χ2n) is 7.97. The molecule has 2 heterocycles. The number of nitrogens with zero attached hydrogens (tertiary/aromatic N) is 3. The molecule has 5 rings (SSSR count). The van der Waals surface area contributed by atoms with Crippen LogP contribution in [0.4, 0.5) is 4.39 Å². The van der Waals surface area contributed by atoms with Crippen LogP contribution in [-0.4, -0.2) is 20.7 Å². The predicted molar refractivity (Wildman–Crippen MR) is 122 cm³/mol. The normalized spacial score (nSPS) is 12.4. The van der Waals surface area contributed by atoms with Gasteiger partial charge in [0.25, 0.3) is 5.91 Å². The number of carbonyl (C=O) groups excluding carboxylic acids is 1. The molecule has 2 aromatic carbocycles. The summed E-state index contributed by atoms with van der Waals surface area (Å²) in [6.07, 6.45) is 4.30. The molecule has 33 heavy (non-hydrogen) atoms. The van der Waals surface area contributed by atoms with Crippen LogP contribution in [0.3, 0.4) is 0 Å². The smallest absolute Gasteiger partial charge is 0.272 e. The Bertz CT molecular complexity index is 1270. The summed E-state index contributed by atoms with van der Waals surface area (Å²) in [6, 6.07) is 19.7. The highest BCUT2D eigenvalue weighted by molar-refractivity contribution is 5.94. The molecule has 0 fully saturated rings. The van der Waals surface area contributed by atoms with Gasteiger partial charge in [-0.2, -0.15) is 5.10 Å². The van der Waals surface area contributed by atoms with E-state index in [-0.39, 0.29) is 11.7 Å². The summed E-state index contributed by atoms with van der Waals surface area (Å²) in [7, 11) is 0. The molecule has 6 nitrogen and oxygen atoms in total. The van der Waals surface area contributed by atoms with E-state index in [1.807, 2.05) is 42.5 Å². The summed E-state index contributed by atoms with van der Waals surface area (Å²) in [6.45, 7) is 0.762. The number of rotatable bonds is 7. The highest BCUT2D eigenvalue weighted by Gasteiger charge is 2.26. The first-order valence-corrected chi connectivity index (χ1v) is 10.9. The second-order valence-corrected chi connectivity index (χ2v) is 7.97. The molecule has 0 radical (unpaired) electrons. The fourth-order valence-corrected chi connectivity index (χ4v) is 4.05. The maximum absolute atomic E-state index is 13.3. The molecule has 0 saturated carbocycles. The summed E-state index contributed by atoms with van der Waals surface area (Å²) in [5.74, 6) is -0.0188. The minimum Gasteiger partial charge on any atom is -0.473 e. The number of halogens is 1. The third kappa shape index (κ3) is 4.62. The van der Waals surface area contributed by atoms with Gasteiger partial charge in [-0.1, -0.05) is 30.3 Å². The quantitative estimate of drug-likeness (QED) is 0.461. The minimum atomic E-state index is -0.301. The molecule has 0 bridgehead atoms. The van der Waals surface area contributed by atoms with E-state index in [1.54, 1.807) is 23.0 Å². The standard InChI is InChI=1S/C26H23FN4O2/c27-20-9-11-21(12-10-20)31-23-8-4-7-22(23)25(30-31)26(32)29-16-19-13-14-28-24(15-19)33-17-18-5-2-1-3-6-18/h1-3,5-6,9-15H,4,7-8,16-17H2,(H,29,32). The van der Waals surface area contributed by atoms with E-state index in [0.29, 0.717) is 24.7 Å². The number of aromatic nitrogens is 3. The molecule has 166 valence electrons. The lowest BCUT2D eigenvalue weighted by Gasteiger charge is -2.08. The lowest BCUT2D eigenvalue weighted by atomic mass is 10.2. The van der Waals surface area contributed by atoms with Crippen molar-refractivity contribution in [3.05, 3.63) is 107 Å². The molecule has 1 N–H and O–H groups in total. The summed E-state index contributed by atoms with van der Waals surface area (Å²) in [5.41, 5.74) is 5.12. The van der Waals surface area contributed by atoms with Gasteiger partial charge in [0.05, 0.1) is 5.69 Å².